The fourth-order valence-corrected chi connectivity index (χ4v) is 3.05. The number of carbonyl (C=O) groups is 1. The molecule has 26 heavy (non-hydrogen) atoms. The fourth-order valence-electron chi connectivity index (χ4n) is 2.40. The molecule has 2 heterocycles. The zero-order chi connectivity index (χ0) is 18.4. The van der Waals surface area contributed by atoms with Gasteiger partial charge in [0.15, 0.2) is 0 Å². The number of nitrogens with zero attached hydrogens (tertiary/aromatic N) is 2. The number of rotatable bonds is 7. The van der Waals surface area contributed by atoms with Gasteiger partial charge in [0.2, 0.25) is 0 Å². The van der Waals surface area contributed by atoms with E-state index in [1.807, 2.05) is 23.7 Å². The first-order valence-corrected chi connectivity index (χ1v) is 8.97. The van der Waals surface area contributed by atoms with E-state index >= 15 is 0 Å². The van der Waals surface area contributed by atoms with Crippen molar-refractivity contribution in [3.63, 3.8) is 0 Å². The quantitative estimate of drug-likeness (QED) is 0.666. The molecule has 3 rings (SSSR count). The van der Waals surface area contributed by atoms with Crippen LogP contribution in [0, 0.1) is 0 Å². The molecule has 2 N–H and O–H groups in total. The van der Waals surface area contributed by atoms with E-state index in [9.17, 15) is 4.79 Å². The average molecular weight is 372 g/mol. The van der Waals surface area contributed by atoms with Gasteiger partial charge in [0.05, 0.1) is 32.1 Å². The van der Waals surface area contributed by atoms with Crippen LogP contribution in [0.25, 0.3) is 11.3 Å². The van der Waals surface area contributed by atoms with Crippen LogP contribution in [0.2, 0.25) is 0 Å². The largest absolute Gasteiger partial charge is 0.497 e. The van der Waals surface area contributed by atoms with Gasteiger partial charge >= 0.3 is 6.03 Å². The van der Waals surface area contributed by atoms with E-state index in [0.717, 1.165) is 11.3 Å². The first kappa shape index (κ1) is 17.8. The van der Waals surface area contributed by atoms with Gasteiger partial charge < -0.3 is 20.1 Å². The summed E-state index contributed by atoms with van der Waals surface area (Å²) in [6.07, 6.45) is 1.90. The summed E-state index contributed by atoms with van der Waals surface area (Å²) in [5.74, 6) is 1.19. The van der Waals surface area contributed by atoms with Crippen LogP contribution in [0.4, 0.5) is 10.5 Å². The Bertz CT molecular complexity index is 861. The van der Waals surface area contributed by atoms with Gasteiger partial charge in [0, 0.05) is 29.8 Å². The van der Waals surface area contributed by atoms with Crippen LogP contribution in [0.3, 0.4) is 0 Å². The van der Waals surface area contributed by atoms with Gasteiger partial charge in [-0.15, -0.1) is 0 Å². The predicted octanol–water partition coefficient (Wildman–Crippen LogP) is 3.45. The third kappa shape index (κ3) is 4.34. The van der Waals surface area contributed by atoms with Gasteiger partial charge in [-0.2, -0.15) is 16.4 Å². The lowest BCUT2D eigenvalue weighted by atomic mass is 10.2. The number of ether oxygens (including phenoxy) is 2. The molecule has 8 heteroatoms. The van der Waals surface area contributed by atoms with Crippen LogP contribution in [-0.4, -0.2) is 36.6 Å². The molecule has 2 amide bonds. The number of nitrogens with one attached hydrogen (secondary N) is 2. The molecule has 0 saturated carbocycles. The Morgan fingerprint density at radius 3 is 2.85 bits per heavy atom. The SMILES string of the molecule is COc1ccc(NC(=O)NCCn2ccc(-c3ccsc3)n2)c(OC)c1. The van der Waals surface area contributed by atoms with Crippen molar-refractivity contribution in [3.05, 3.63) is 47.3 Å². The molecule has 0 radical (unpaired) electrons. The zero-order valence-corrected chi connectivity index (χ0v) is 15.4. The smallest absolute Gasteiger partial charge is 0.319 e. The Morgan fingerprint density at radius 1 is 1.23 bits per heavy atom. The number of anilines is 1. The molecule has 0 aliphatic heterocycles. The summed E-state index contributed by atoms with van der Waals surface area (Å²) in [4.78, 5) is 12.1. The summed E-state index contributed by atoms with van der Waals surface area (Å²) in [5, 5.41) is 14.2. The molecule has 0 atom stereocenters. The predicted molar refractivity (Wildman–Crippen MR) is 102 cm³/mol. The number of amides is 2. The van der Waals surface area contributed by atoms with Crippen LogP contribution in [0.1, 0.15) is 0 Å². The lowest BCUT2D eigenvalue weighted by Crippen LogP contribution is -2.31. The average Bonchev–Trinajstić information content (AvgIpc) is 3.33. The van der Waals surface area contributed by atoms with Crippen LogP contribution < -0.4 is 20.1 Å². The molecule has 0 aliphatic rings. The van der Waals surface area contributed by atoms with E-state index in [2.05, 4.69) is 21.1 Å². The monoisotopic (exact) mass is 372 g/mol. The standard InChI is InChI=1S/C18H20N4O3S/c1-24-14-3-4-16(17(11-14)25-2)20-18(23)19-7-9-22-8-5-15(21-22)13-6-10-26-12-13/h3-6,8,10-12H,7,9H2,1-2H3,(H2,19,20,23). The van der Waals surface area contributed by atoms with Crippen molar-refractivity contribution in [2.75, 3.05) is 26.1 Å². The first-order valence-electron chi connectivity index (χ1n) is 8.02. The molecule has 0 unspecified atom stereocenters. The summed E-state index contributed by atoms with van der Waals surface area (Å²) in [6.45, 7) is 1.03. The van der Waals surface area contributed by atoms with Crippen molar-refractivity contribution in [2.45, 2.75) is 6.54 Å². The number of carbonyl (C=O) groups excluding carboxylic acids is 1. The van der Waals surface area contributed by atoms with Crippen molar-refractivity contribution in [2.24, 2.45) is 0 Å². The number of aromatic nitrogens is 2. The molecule has 136 valence electrons. The van der Waals surface area contributed by atoms with Crippen LogP contribution >= 0.6 is 11.3 Å². The number of thiophene rings is 1. The molecule has 0 spiro atoms. The Morgan fingerprint density at radius 2 is 2.12 bits per heavy atom. The Kier molecular flexibility index (Phi) is 5.75. The lowest BCUT2D eigenvalue weighted by Gasteiger charge is -2.12. The Balaban J connectivity index is 1.50. The second-order valence-corrected chi connectivity index (χ2v) is 6.20. The molecule has 0 bridgehead atoms. The van der Waals surface area contributed by atoms with E-state index in [4.69, 9.17) is 9.47 Å². The number of methoxy groups -OCH3 is 2. The number of benzene rings is 1. The van der Waals surface area contributed by atoms with Gasteiger partial charge in [-0.05, 0) is 29.6 Å². The molecule has 3 aromatic rings. The van der Waals surface area contributed by atoms with Crippen molar-refractivity contribution in [1.82, 2.24) is 15.1 Å². The van der Waals surface area contributed by atoms with E-state index in [1.54, 1.807) is 48.4 Å². The van der Waals surface area contributed by atoms with E-state index in [-0.39, 0.29) is 6.03 Å². The van der Waals surface area contributed by atoms with Gasteiger partial charge in [0.1, 0.15) is 11.5 Å². The second-order valence-electron chi connectivity index (χ2n) is 5.42. The maximum Gasteiger partial charge on any atom is 0.319 e. The first-order chi connectivity index (χ1) is 12.7. The van der Waals surface area contributed by atoms with Crippen molar-refractivity contribution in [3.8, 4) is 22.8 Å². The summed E-state index contributed by atoms with van der Waals surface area (Å²) in [5.41, 5.74) is 2.61. The second kappa shape index (κ2) is 8.39. The zero-order valence-electron chi connectivity index (χ0n) is 14.6. The van der Waals surface area contributed by atoms with E-state index in [0.29, 0.717) is 30.3 Å². The van der Waals surface area contributed by atoms with Crippen molar-refractivity contribution in [1.29, 1.82) is 0 Å². The highest BCUT2D eigenvalue weighted by Gasteiger charge is 2.09. The van der Waals surface area contributed by atoms with E-state index < -0.39 is 0 Å². The molecule has 7 nitrogen and oxygen atoms in total. The summed E-state index contributed by atoms with van der Waals surface area (Å²) in [7, 11) is 3.12. The topological polar surface area (TPSA) is 77.4 Å². The summed E-state index contributed by atoms with van der Waals surface area (Å²) in [6, 6.07) is 8.89. The minimum atomic E-state index is -0.307. The fraction of sp³-hybridized carbons (Fsp3) is 0.222. The molecule has 0 saturated heterocycles. The number of hydrogen-bond donors (Lipinski definition) is 2. The van der Waals surface area contributed by atoms with Gasteiger partial charge in [-0.25, -0.2) is 4.79 Å². The normalized spacial score (nSPS) is 10.4. The van der Waals surface area contributed by atoms with Crippen molar-refractivity contribution >= 4 is 23.1 Å². The summed E-state index contributed by atoms with van der Waals surface area (Å²) >= 11 is 1.64. The minimum absolute atomic E-state index is 0.307. The Hall–Kier alpha value is -3.00. The van der Waals surface area contributed by atoms with Gasteiger partial charge in [-0.1, -0.05) is 0 Å². The third-order valence-corrected chi connectivity index (χ3v) is 4.42. The lowest BCUT2D eigenvalue weighted by molar-refractivity contribution is 0.251. The molecular formula is C18H20N4O3S. The number of urea groups is 1. The highest BCUT2D eigenvalue weighted by Crippen LogP contribution is 2.28. The van der Waals surface area contributed by atoms with E-state index in [1.165, 1.54) is 0 Å². The van der Waals surface area contributed by atoms with Crippen LogP contribution in [0.5, 0.6) is 11.5 Å². The Labute approximate surface area is 155 Å². The molecule has 0 fully saturated rings. The molecule has 2 aromatic heterocycles. The highest BCUT2D eigenvalue weighted by atomic mass is 32.1. The maximum absolute atomic E-state index is 12.1. The number of hydrogen-bond acceptors (Lipinski definition) is 5. The van der Waals surface area contributed by atoms with Crippen LogP contribution in [-0.2, 0) is 6.54 Å². The molecule has 0 aliphatic carbocycles. The molecule has 1 aromatic carbocycles. The minimum Gasteiger partial charge on any atom is -0.497 e. The van der Waals surface area contributed by atoms with Gasteiger partial charge in [-0.3, -0.25) is 4.68 Å². The third-order valence-electron chi connectivity index (χ3n) is 3.74. The summed E-state index contributed by atoms with van der Waals surface area (Å²) < 4.78 is 12.2. The molecular weight excluding hydrogens is 352 g/mol. The highest BCUT2D eigenvalue weighted by molar-refractivity contribution is 7.08. The van der Waals surface area contributed by atoms with Crippen molar-refractivity contribution < 1.29 is 14.3 Å². The van der Waals surface area contributed by atoms with Crippen LogP contribution in [0.15, 0.2) is 47.3 Å². The van der Waals surface area contributed by atoms with Gasteiger partial charge in [0.25, 0.3) is 0 Å². The maximum atomic E-state index is 12.1.